The number of rotatable bonds is 5. The molecule has 3 heteroatoms. The van der Waals surface area contributed by atoms with Crippen molar-refractivity contribution in [3.8, 4) is 17.0 Å². The van der Waals surface area contributed by atoms with Gasteiger partial charge in [0, 0.05) is 17.1 Å². The van der Waals surface area contributed by atoms with Crippen molar-refractivity contribution in [2.75, 3.05) is 6.61 Å². The number of hydrogen-bond acceptors (Lipinski definition) is 2. The van der Waals surface area contributed by atoms with Crippen LogP contribution in [0.25, 0.3) is 11.3 Å². The van der Waals surface area contributed by atoms with Gasteiger partial charge in [0.1, 0.15) is 5.75 Å². The van der Waals surface area contributed by atoms with Crippen molar-refractivity contribution in [1.29, 1.82) is 0 Å². The van der Waals surface area contributed by atoms with Crippen LogP contribution in [0.15, 0.2) is 36.4 Å². The molecule has 0 fully saturated rings. The van der Waals surface area contributed by atoms with Gasteiger partial charge in [-0.05, 0) is 36.6 Å². The van der Waals surface area contributed by atoms with Gasteiger partial charge in [-0.15, -0.1) is 11.6 Å². The maximum atomic E-state index is 5.87. The van der Waals surface area contributed by atoms with Crippen molar-refractivity contribution < 1.29 is 4.74 Å². The van der Waals surface area contributed by atoms with Gasteiger partial charge in [-0.3, -0.25) is 4.98 Å². The summed E-state index contributed by atoms with van der Waals surface area (Å²) < 4.78 is 5.76. The molecule has 0 saturated carbocycles. The molecule has 0 atom stereocenters. The molecule has 0 unspecified atom stereocenters. The lowest BCUT2D eigenvalue weighted by Gasteiger charge is -2.10. The predicted molar refractivity (Wildman–Crippen MR) is 84.3 cm³/mol. The van der Waals surface area contributed by atoms with Gasteiger partial charge >= 0.3 is 0 Å². The monoisotopic (exact) mass is 289 g/mol. The number of benzene rings is 1. The Morgan fingerprint density at radius 1 is 1.20 bits per heavy atom. The first kappa shape index (κ1) is 14.9. The second-order valence-electron chi connectivity index (χ2n) is 5.31. The van der Waals surface area contributed by atoms with Crippen molar-refractivity contribution in [2.45, 2.75) is 26.7 Å². The molecule has 0 aliphatic carbocycles. The summed E-state index contributed by atoms with van der Waals surface area (Å²) in [6.45, 7) is 6.99. The number of aryl methyl sites for hydroxylation is 1. The van der Waals surface area contributed by atoms with Crippen molar-refractivity contribution in [3.05, 3.63) is 47.7 Å². The van der Waals surface area contributed by atoms with E-state index < -0.39 is 0 Å². The highest BCUT2D eigenvalue weighted by Gasteiger charge is 2.05. The maximum Gasteiger partial charge on any atom is 0.119 e. The van der Waals surface area contributed by atoms with Crippen LogP contribution in [0, 0.1) is 12.8 Å². The minimum absolute atomic E-state index is 0.497. The highest BCUT2D eigenvalue weighted by molar-refractivity contribution is 6.17. The minimum Gasteiger partial charge on any atom is -0.493 e. The standard InChI is InChI=1S/C17H20ClNO/c1-12(2)11-20-16-6-4-5-14(9-16)17-8-7-15(10-18)13(3)19-17/h4-9,12H,10-11H2,1-3H3. The first-order valence-corrected chi connectivity index (χ1v) is 7.39. The Bertz CT molecular complexity index is 581. The zero-order valence-electron chi connectivity index (χ0n) is 12.2. The number of hydrogen-bond donors (Lipinski definition) is 0. The third-order valence-electron chi connectivity index (χ3n) is 3.05. The molecule has 0 spiro atoms. The van der Waals surface area contributed by atoms with E-state index in [-0.39, 0.29) is 0 Å². The second kappa shape index (κ2) is 6.76. The van der Waals surface area contributed by atoms with E-state index in [9.17, 15) is 0 Å². The number of alkyl halides is 1. The van der Waals surface area contributed by atoms with E-state index in [0.717, 1.165) is 34.9 Å². The summed E-state index contributed by atoms with van der Waals surface area (Å²) in [5, 5.41) is 0. The van der Waals surface area contributed by atoms with Crippen molar-refractivity contribution >= 4 is 11.6 Å². The highest BCUT2D eigenvalue weighted by Crippen LogP contribution is 2.24. The summed E-state index contributed by atoms with van der Waals surface area (Å²) in [4.78, 5) is 4.61. The zero-order valence-corrected chi connectivity index (χ0v) is 12.9. The molecule has 2 rings (SSSR count). The van der Waals surface area contributed by atoms with E-state index in [1.54, 1.807) is 0 Å². The van der Waals surface area contributed by atoms with E-state index in [1.807, 2.05) is 43.3 Å². The van der Waals surface area contributed by atoms with E-state index >= 15 is 0 Å². The van der Waals surface area contributed by atoms with Gasteiger partial charge in [0.05, 0.1) is 12.3 Å². The number of aromatic nitrogens is 1. The van der Waals surface area contributed by atoms with E-state index in [4.69, 9.17) is 16.3 Å². The molecule has 0 saturated heterocycles. The van der Waals surface area contributed by atoms with Crippen LogP contribution in [0.1, 0.15) is 25.1 Å². The third-order valence-corrected chi connectivity index (χ3v) is 3.34. The molecule has 1 aromatic carbocycles. The van der Waals surface area contributed by atoms with E-state index in [2.05, 4.69) is 18.8 Å². The lowest BCUT2D eigenvalue weighted by atomic mass is 10.1. The van der Waals surface area contributed by atoms with Crippen LogP contribution < -0.4 is 4.74 Å². The van der Waals surface area contributed by atoms with Crippen LogP contribution in [0.3, 0.4) is 0 Å². The van der Waals surface area contributed by atoms with Gasteiger partial charge in [-0.2, -0.15) is 0 Å². The van der Waals surface area contributed by atoms with Crippen LogP contribution >= 0.6 is 11.6 Å². The zero-order chi connectivity index (χ0) is 14.5. The van der Waals surface area contributed by atoms with Crippen LogP contribution in [0.5, 0.6) is 5.75 Å². The van der Waals surface area contributed by atoms with Crippen molar-refractivity contribution in [1.82, 2.24) is 4.98 Å². The molecule has 0 N–H and O–H groups in total. The number of halogens is 1. The first-order chi connectivity index (χ1) is 9.60. The average Bonchev–Trinajstić information content (AvgIpc) is 2.45. The van der Waals surface area contributed by atoms with Crippen molar-refractivity contribution in [2.24, 2.45) is 5.92 Å². The Kier molecular flexibility index (Phi) is 5.02. The molecule has 0 aliphatic rings. The Labute approximate surface area is 125 Å². The molecule has 0 radical (unpaired) electrons. The fourth-order valence-corrected chi connectivity index (χ4v) is 2.18. The molecule has 0 amide bonds. The largest absolute Gasteiger partial charge is 0.493 e. The fraction of sp³-hybridized carbons (Fsp3) is 0.353. The van der Waals surface area contributed by atoms with Gasteiger partial charge in [0.2, 0.25) is 0 Å². The summed E-state index contributed by atoms with van der Waals surface area (Å²) in [6, 6.07) is 12.1. The van der Waals surface area contributed by atoms with Crippen LogP contribution in [-0.4, -0.2) is 11.6 Å². The van der Waals surface area contributed by atoms with Gasteiger partial charge in [0.25, 0.3) is 0 Å². The summed E-state index contributed by atoms with van der Waals surface area (Å²) in [5.41, 5.74) is 4.07. The molecule has 2 nitrogen and oxygen atoms in total. The summed E-state index contributed by atoms with van der Waals surface area (Å²) >= 11 is 5.87. The summed E-state index contributed by atoms with van der Waals surface area (Å²) in [6.07, 6.45) is 0. The summed E-state index contributed by atoms with van der Waals surface area (Å²) in [5.74, 6) is 1.90. The molecule has 2 aromatic rings. The molecule has 20 heavy (non-hydrogen) atoms. The van der Waals surface area contributed by atoms with Crippen molar-refractivity contribution in [3.63, 3.8) is 0 Å². The SMILES string of the molecule is Cc1nc(-c2cccc(OCC(C)C)c2)ccc1CCl. The van der Waals surface area contributed by atoms with Crippen LogP contribution in [0.2, 0.25) is 0 Å². The quantitative estimate of drug-likeness (QED) is 0.736. The molecular weight excluding hydrogens is 270 g/mol. The second-order valence-corrected chi connectivity index (χ2v) is 5.57. The normalized spacial score (nSPS) is 10.8. The molecule has 0 bridgehead atoms. The Morgan fingerprint density at radius 2 is 2.00 bits per heavy atom. The molecule has 106 valence electrons. The van der Waals surface area contributed by atoms with E-state index in [1.165, 1.54) is 0 Å². The third kappa shape index (κ3) is 3.73. The van der Waals surface area contributed by atoms with Crippen LogP contribution in [0.4, 0.5) is 0 Å². The van der Waals surface area contributed by atoms with Crippen LogP contribution in [-0.2, 0) is 5.88 Å². The number of nitrogens with zero attached hydrogens (tertiary/aromatic N) is 1. The lowest BCUT2D eigenvalue weighted by Crippen LogP contribution is -2.04. The lowest BCUT2D eigenvalue weighted by molar-refractivity contribution is 0.271. The smallest absolute Gasteiger partial charge is 0.119 e. The van der Waals surface area contributed by atoms with Gasteiger partial charge in [-0.1, -0.05) is 32.0 Å². The average molecular weight is 290 g/mol. The summed E-state index contributed by atoms with van der Waals surface area (Å²) in [7, 11) is 0. The van der Waals surface area contributed by atoms with Gasteiger partial charge in [-0.25, -0.2) is 0 Å². The highest BCUT2D eigenvalue weighted by atomic mass is 35.5. The maximum absolute atomic E-state index is 5.87. The molecule has 1 aromatic heterocycles. The Hall–Kier alpha value is -1.54. The topological polar surface area (TPSA) is 22.1 Å². The molecule has 1 heterocycles. The fourth-order valence-electron chi connectivity index (χ4n) is 1.90. The van der Waals surface area contributed by atoms with Gasteiger partial charge < -0.3 is 4.74 Å². The first-order valence-electron chi connectivity index (χ1n) is 6.86. The Morgan fingerprint density at radius 3 is 2.65 bits per heavy atom. The van der Waals surface area contributed by atoms with Gasteiger partial charge in [0.15, 0.2) is 0 Å². The number of pyridine rings is 1. The minimum atomic E-state index is 0.497. The number of ether oxygens (including phenoxy) is 1. The predicted octanol–water partition coefficient (Wildman–Crippen LogP) is 4.83. The van der Waals surface area contributed by atoms with E-state index in [0.29, 0.717) is 11.8 Å². The Balaban J connectivity index is 2.24. The molecule has 0 aliphatic heterocycles. The molecular formula is C17H20ClNO.